The summed E-state index contributed by atoms with van der Waals surface area (Å²) in [6.07, 6.45) is 1.38. The van der Waals surface area contributed by atoms with Crippen molar-refractivity contribution in [1.29, 1.82) is 0 Å². The molecule has 0 aromatic rings. The molecule has 0 bridgehead atoms. The Bertz CT molecular complexity index is 45.6. The third kappa shape index (κ3) is 0.289. The van der Waals surface area contributed by atoms with Gasteiger partial charge in [-0.3, -0.25) is 5.43 Å². The van der Waals surface area contributed by atoms with Gasteiger partial charge in [0.1, 0.15) is 0 Å². The smallest absolute Gasteiger partial charge is 0.194 e. The van der Waals surface area contributed by atoms with E-state index in [1.807, 2.05) is 0 Å². The van der Waals surface area contributed by atoms with E-state index in [-0.39, 0.29) is 0 Å². The molecule has 3 nitrogen and oxygen atoms in total. The van der Waals surface area contributed by atoms with Crippen LogP contribution in [0.15, 0.2) is 5.10 Å². The molecule has 28 valence electrons. The molecule has 1 heterocycles. The van der Waals surface area contributed by atoms with Gasteiger partial charge in [0.05, 0.1) is 0 Å². The third-order valence-corrected chi connectivity index (χ3v) is 0.366. The van der Waals surface area contributed by atoms with Crippen LogP contribution < -0.4 is 5.43 Å². The van der Waals surface area contributed by atoms with Gasteiger partial charge in [0.25, 0.3) is 0 Å². The van der Waals surface area contributed by atoms with Crippen LogP contribution in [0.4, 0.5) is 0 Å². The van der Waals surface area contributed by atoms with Gasteiger partial charge in [-0.05, 0) is 0 Å². The highest BCUT2D eigenvalue weighted by Gasteiger charge is 1.81. The van der Waals surface area contributed by atoms with Crippen molar-refractivity contribution < 1.29 is 4.74 Å². The van der Waals surface area contributed by atoms with Crippen LogP contribution in [0.3, 0.4) is 0 Å². The monoisotopic (exact) mass is 72.0 g/mol. The van der Waals surface area contributed by atoms with Crippen molar-refractivity contribution >= 4 is 6.40 Å². The first kappa shape index (κ1) is 2.50. The van der Waals surface area contributed by atoms with E-state index >= 15 is 0 Å². The second-order valence-electron chi connectivity index (χ2n) is 0.704. The molecule has 0 fully saturated rings. The number of rotatable bonds is 0. The van der Waals surface area contributed by atoms with Gasteiger partial charge < -0.3 is 4.74 Å². The molecule has 1 rings (SSSR count). The van der Waals surface area contributed by atoms with E-state index in [9.17, 15) is 0 Å². The van der Waals surface area contributed by atoms with Gasteiger partial charge in [-0.15, -0.1) is 5.10 Å². The van der Waals surface area contributed by atoms with E-state index in [0.29, 0.717) is 6.73 Å². The van der Waals surface area contributed by atoms with E-state index in [1.54, 1.807) is 0 Å². The summed E-state index contributed by atoms with van der Waals surface area (Å²) >= 11 is 0. The molecule has 0 saturated heterocycles. The molecule has 0 spiro atoms. The van der Waals surface area contributed by atoms with Gasteiger partial charge in [0, 0.05) is 0 Å². The van der Waals surface area contributed by atoms with Crippen LogP contribution in [0.1, 0.15) is 0 Å². The van der Waals surface area contributed by atoms with Crippen LogP contribution in [-0.4, -0.2) is 13.1 Å². The summed E-state index contributed by atoms with van der Waals surface area (Å²) in [5.74, 6) is 0. The Hall–Kier alpha value is -0.730. The fourth-order valence-electron chi connectivity index (χ4n) is 0.186. The molecule has 0 aromatic heterocycles. The Morgan fingerprint density at radius 1 is 2.00 bits per heavy atom. The number of hydrogen-bond donors (Lipinski definition) is 1. The summed E-state index contributed by atoms with van der Waals surface area (Å²) in [6.45, 7) is 0.528. The van der Waals surface area contributed by atoms with Gasteiger partial charge in [-0.1, -0.05) is 0 Å². The summed E-state index contributed by atoms with van der Waals surface area (Å²) in [5.41, 5.74) is 2.57. The van der Waals surface area contributed by atoms with Crippen LogP contribution >= 0.6 is 0 Å². The topological polar surface area (TPSA) is 33.6 Å². The largest absolute Gasteiger partial charge is 0.460 e. The van der Waals surface area contributed by atoms with Gasteiger partial charge in [-0.2, -0.15) is 0 Å². The van der Waals surface area contributed by atoms with Crippen LogP contribution in [-0.2, 0) is 4.74 Å². The number of nitrogens with one attached hydrogen (secondary N) is 1. The van der Waals surface area contributed by atoms with Gasteiger partial charge >= 0.3 is 0 Å². The highest BCUT2D eigenvalue weighted by Crippen LogP contribution is 1.69. The molecule has 0 aliphatic carbocycles. The molecule has 0 amide bonds. The van der Waals surface area contributed by atoms with Crippen molar-refractivity contribution in [3.05, 3.63) is 0 Å². The molecule has 0 atom stereocenters. The molecule has 0 saturated carbocycles. The Morgan fingerprint density at radius 3 is 3.20 bits per heavy atom. The van der Waals surface area contributed by atoms with Crippen molar-refractivity contribution in [2.75, 3.05) is 6.73 Å². The lowest BCUT2D eigenvalue weighted by atomic mass is 11.3. The molecule has 0 aromatic carbocycles. The molecule has 1 N–H and O–H groups in total. The Morgan fingerprint density at radius 2 is 3.00 bits per heavy atom. The maximum atomic E-state index is 4.54. The Kier molecular flexibility index (Phi) is 0.463. The summed E-state index contributed by atoms with van der Waals surface area (Å²) in [5, 5.41) is 3.49. The minimum absolute atomic E-state index is 0.528. The van der Waals surface area contributed by atoms with E-state index in [4.69, 9.17) is 0 Å². The van der Waals surface area contributed by atoms with E-state index in [1.165, 1.54) is 6.40 Å². The predicted octanol–water partition coefficient (Wildman–Crippen LogP) is -0.493. The normalized spacial score (nSPS) is 17.6. The zero-order valence-corrected chi connectivity index (χ0v) is 2.64. The standard InChI is InChI=1S/C2H4N2O/c1-3-4-2-5-1/h1,4H,2H2. The quantitative estimate of drug-likeness (QED) is 0.419. The van der Waals surface area contributed by atoms with Crippen LogP contribution in [0.5, 0.6) is 0 Å². The molecular formula is C2H4N2O. The van der Waals surface area contributed by atoms with Crippen LogP contribution in [0.25, 0.3) is 0 Å². The zero-order valence-electron chi connectivity index (χ0n) is 2.64. The average Bonchev–Trinajstić information content (AvgIpc) is 1.76. The maximum absolute atomic E-state index is 4.54. The van der Waals surface area contributed by atoms with Crippen molar-refractivity contribution in [3.8, 4) is 0 Å². The SMILES string of the molecule is C1=NNCO1. The average molecular weight is 72.1 g/mol. The van der Waals surface area contributed by atoms with Crippen molar-refractivity contribution in [2.45, 2.75) is 0 Å². The summed E-state index contributed by atoms with van der Waals surface area (Å²) < 4.78 is 4.54. The van der Waals surface area contributed by atoms with Gasteiger partial charge in [0.2, 0.25) is 0 Å². The van der Waals surface area contributed by atoms with Crippen LogP contribution in [0.2, 0.25) is 0 Å². The molecule has 0 radical (unpaired) electrons. The van der Waals surface area contributed by atoms with Crippen LogP contribution in [0, 0.1) is 0 Å². The summed E-state index contributed by atoms with van der Waals surface area (Å²) in [6, 6.07) is 0. The Balaban J connectivity index is 2.32. The number of nitrogens with zero attached hydrogens (tertiary/aromatic N) is 1. The summed E-state index contributed by atoms with van der Waals surface area (Å²) in [4.78, 5) is 0. The fraction of sp³-hybridized carbons (Fsp3) is 0.500. The first-order valence-corrected chi connectivity index (χ1v) is 1.36. The minimum atomic E-state index is 0.528. The minimum Gasteiger partial charge on any atom is -0.460 e. The second kappa shape index (κ2) is 0.924. The molecule has 0 unspecified atom stereocenters. The van der Waals surface area contributed by atoms with Gasteiger partial charge in [0.15, 0.2) is 13.1 Å². The van der Waals surface area contributed by atoms with E-state index < -0.39 is 0 Å². The number of ether oxygens (including phenoxy) is 1. The lowest BCUT2D eigenvalue weighted by Gasteiger charge is -1.79. The first-order chi connectivity index (χ1) is 2.50. The van der Waals surface area contributed by atoms with Crippen molar-refractivity contribution in [1.82, 2.24) is 5.43 Å². The van der Waals surface area contributed by atoms with E-state index in [2.05, 4.69) is 15.3 Å². The van der Waals surface area contributed by atoms with Gasteiger partial charge in [-0.25, -0.2) is 0 Å². The molecule has 1 aliphatic rings. The lowest BCUT2D eigenvalue weighted by Crippen LogP contribution is -1.98. The third-order valence-electron chi connectivity index (χ3n) is 0.366. The first-order valence-electron chi connectivity index (χ1n) is 1.36. The lowest BCUT2D eigenvalue weighted by molar-refractivity contribution is 0.327. The molecular weight excluding hydrogens is 68.0 g/mol. The van der Waals surface area contributed by atoms with Crippen molar-refractivity contribution in [2.24, 2.45) is 5.10 Å². The molecule has 3 heteroatoms. The highest BCUT2D eigenvalue weighted by molar-refractivity contribution is 5.46. The zero-order chi connectivity index (χ0) is 3.54. The maximum Gasteiger partial charge on any atom is 0.194 e. The second-order valence-corrected chi connectivity index (χ2v) is 0.704. The molecule has 1 aliphatic heterocycles. The number of hydrogen-bond acceptors (Lipinski definition) is 3. The Labute approximate surface area is 29.6 Å². The van der Waals surface area contributed by atoms with Crippen molar-refractivity contribution in [3.63, 3.8) is 0 Å². The van der Waals surface area contributed by atoms with E-state index in [0.717, 1.165) is 0 Å². The molecule has 5 heavy (non-hydrogen) atoms. The highest BCUT2D eigenvalue weighted by atomic mass is 16.5. The predicted molar refractivity (Wildman–Crippen MR) is 17.6 cm³/mol. The fourth-order valence-corrected chi connectivity index (χ4v) is 0.186. The number of hydrazone groups is 1. The summed E-state index contributed by atoms with van der Waals surface area (Å²) in [7, 11) is 0.